The Morgan fingerprint density at radius 1 is 1.15 bits per heavy atom. The summed E-state index contributed by atoms with van der Waals surface area (Å²) in [6.45, 7) is 0. The van der Waals surface area contributed by atoms with Crippen LogP contribution in [0.25, 0.3) is 0 Å². The van der Waals surface area contributed by atoms with Gasteiger partial charge in [0, 0.05) is 20.5 Å². The predicted molar refractivity (Wildman–Crippen MR) is 79.9 cm³/mol. The molecule has 0 aliphatic heterocycles. The fraction of sp³-hybridized carbons (Fsp3) is 0.143. The van der Waals surface area contributed by atoms with Crippen LogP contribution >= 0.6 is 34.5 Å². The van der Waals surface area contributed by atoms with Gasteiger partial charge >= 0.3 is 5.97 Å². The van der Waals surface area contributed by atoms with Crippen molar-refractivity contribution in [1.29, 1.82) is 0 Å². The molecule has 0 unspecified atom stereocenters. The number of ketones is 1. The van der Waals surface area contributed by atoms with Gasteiger partial charge in [-0.3, -0.25) is 9.59 Å². The van der Waals surface area contributed by atoms with Gasteiger partial charge in [-0.15, -0.1) is 11.3 Å². The molecule has 104 valence electrons. The first-order chi connectivity index (χ1) is 9.49. The Morgan fingerprint density at radius 3 is 2.40 bits per heavy atom. The number of carbonyl (C=O) groups is 2. The van der Waals surface area contributed by atoms with E-state index in [0.29, 0.717) is 20.5 Å². The summed E-state index contributed by atoms with van der Waals surface area (Å²) in [4.78, 5) is 24.8. The Hall–Kier alpha value is -1.36. The van der Waals surface area contributed by atoms with E-state index in [9.17, 15) is 9.59 Å². The van der Waals surface area contributed by atoms with Gasteiger partial charge in [0.05, 0.1) is 18.4 Å². The van der Waals surface area contributed by atoms with Gasteiger partial charge in [0.25, 0.3) is 0 Å². The van der Waals surface area contributed by atoms with Gasteiger partial charge in [0.2, 0.25) is 5.78 Å². The van der Waals surface area contributed by atoms with E-state index in [4.69, 9.17) is 23.2 Å². The third kappa shape index (κ3) is 3.60. The molecule has 1 aromatic heterocycles. The van der Waals surface area contributed by atoms with Gasteiger partial charge < -0.3 is 4.74 Å². The van der Waals surface area contributed by atoms with Crippen LogP contribution in [0.5, 0.6) is 0 Å². The highest BCUT2D eigenvalue weighted by Gasteiger charge is 2.14. The van der Waals surface area contributed by atoms with Gasteiger partial charge in [-0.1, -0.05) is 23.2 Å². The lowest BCUT2D eigenvalue weighted by Gasteiger charge is -2.00. The number of hydrogen-bond donors (Lipinski definition) is 0. The fourth-order valence-electron chi connectivity index (χ4n) is 1.64. The van der Waals surface area contributed by atoms with Crippen LogP contribution in [0.4, 0.5) is 0 Å². The number of benzene rings is 1. The molecule has 0 atom stereocenters. The van der Waals surface area contributed by atoms with Crippen LogP contribution in [-0.4, -0.2) is 18.9 Å². The van der Waals surface area contributed by atoms with E-state index in [1.54, 1.807) is 30.3 Å². The van der Waals surface area contributed by atoms with Crippen LogP contribution in [0, 0.1) is 0 Å². The Balaban J connectivity index is 2.23. The van der Waals surface area contributed by atoms with Crippen molar-refractivity contribution in [2.45, 2.75) is 6.42 Å². The zero-order chi connectivity index (χ0) is 14.7. The van der Waals surface area contributed by atoms with Gasteiger partial charge in [0.1, 0.15) is 0 Å². The van der Waals surface area contributed by atoms with Crippen molar-refractivity contribution in [1.82, 2.24) is 0 Å². The number of rotatable bonds is 4. The Kier molecular flexibility index (Phi) is 4.81. The van der Waals surface area contributed by atoms with Crippen molar-refractivity contribution in [3.63, 3.8) is 0 Å². The molecule has 0 aliphatic rings. The van der Waals surface area contributed by atoms with E-state index < -0.39 is 0 Å². The van der Waals surface area contributed by atoms with E-state index in [0.717, 1.165) is 4.88 Å². The molecule has 0 fully saturated rings. The minimum Gasteiger partial charge on any atom is -0.469 e. The molecule has 0 N–H and O–H groups in total. The molecule has 2 aromatic rings. The van der Waals surface area contributed by atoms with E-state index >= 15 is 0 Å². The number of methoxy groups -OCH3 is 1. The van der Waals surface area contributed by atoms with Gasteiger partial charge in [-0.2, -0.15) is 0 Å². The molecule has 0 saturated heterocycles. The minimum atomic E-state index is -0.336. The van der Waals surface area contributed by atoms with Crippen LogP contribution in [0.2, 0.25) is 10.0 Å². The summed E-state index contributed by atoms with van der Waals surface area (Å²) < 4.78 is 4.59. The molecular formula is C14H10Cl2O3S. The number of thiophene rings is 1. The van der Waals surface area contributed by atoms with Gasteiger partial charge in [-0.25, -0.2) is 0 Å². The van der Waals surface area contributed by atoms with Crippen molar-refractivity contribution >= 4 is 46.3 Å². The third-order valence-electron chi connectivity index (χ3n) is 2.56. The second kappa shape index (κ2) is 6.39. The monoisotopic (exact) mass is 328 g/mol. The predicted octanol–water partition coefficient (Wildman–Crippen LogP) is 4.00. The standard InChI is InChI=1S/C14H10Cl2O3S/c1-19-13(17)7-11-2-3-12(20-11)14(18)8-4-9(15)6-10(16)5-8/h2-6H,7H2,1H3. The Labute approximate surface area is 130 Å². The van der Waals surface area contributed by atoms with Crippen molar-refractivity contribution in [3.8, 4) is 0 Å². The van der Waals surface area contributed by atoms with E-state index in [1.165, 1.54) is 18.4 Å². The second-order valence-corrected chi connectivity index (χ2v) is 6.05. The molecular weight excluding hydrogens is 319 g/mol. The average Bonchev–Trinajstić information content (AvgIpc) is 2.85. The summed E-state index contributed by atoms with van der Waals surface area (Å²) in [6, 6.07) is 8.11. The van der Waals surface area contributed by atoms with Gasteiger partial charge in [0.15, 0.2) is 0 Å². The lowest BCUT2D eigenvalue weighted by Crippen LogP contribution is -2.02. The summed E-state index contributed by atoms with van der Waals surface area (Å²) >= 11 is 13.0. The summed E-state index contributed by atoms with van der Waals surface area (Å²) in [5.74, 6) is -0.507. The van der Waals surface area contributed by atoms with Crippen LogP contribution < -0.4 is 0 Å². The van der Waals surface area contributed by atoms with Crippen molar-refractivity contribution in [3.05, 3.63) is 55.7 Å². The highest BCUT2D eigenvalue weighted by atomic mass is 35.5. The summed E-state index contributed by atoms with van der Waals surface area (Å²) in [7, 11) is 1.33. The lowest BCUT2D eigenvalue weighted by molar-refractivity contribution is -0.139. The van der Waals surface area contributed by atoms with Crippen LogP contribution in [0.15, 0.2) is 30.3 Å². The average molecular weight is 329 g/mol. The number of esters is 1. The number of halogens is 2. The van der Waals surface area contributed by atoms with Crippen molar-refractivity contribution in [2.75, 3.05) is 7.11 Å². The Bertz CT molecular complexity index is 644. The highest BCUT2D eigenvalue weighted by molar-refractivity contribution is 7.14. The summed E-state index contributed by atoms with van der Waals surface area (Å²) in [6.07, 6.45) is 0.157. The third-order valence-corrected chi connectivity index (χ3v) is 4.08. The van der Waals surface area contributed by atoms with Crippen molar-refractivity contribution < 1.29 is 14.3 Å². The first kappa shape index (κ1) is 15.0. The molecule has 6 heteroatoms. The maximum atomic E-state index is 12.3. The zero-order valence-corrected chi connectivity index (χ0v) is 12.8. The Morgan fingerprint density at radius 2 is 1.80 bits per heavy atom. The fourth-order valence-corrected chi connectivity index (χ4v) is 3.12. The topological polar surface area (TPSA) is 43.4 Å². The highest BCUT2D eigenvalue weighted by Crippen LogP contribution is 2.24. The summed E-state index contributed by atoms with van der Waals surface area (Å²) in [5.41, 5.74) is 0.425. The molecule has 0 spiro atoms. The molecule has 0 amide bonds. The molecule has 1 aromatic carbocycles. The van der Waals surface area contributed by atoms with E-state index in [-0.39, 0.29) is 18.2 Å². The number of ether oxygens (including phenoxy) is 1. The number of hydrogen-bond acceptors (Lipinski definition) is 4. The first-order valence-electron chi connectivity index (χ1n) is 5.66. The maximum absolute atomic E-state index is 12.3. The molecule has 3 nitrogen and oxygen atoms in total. The second-order valence-electron chi connectivity index (χ2n) is 4.01. The summed E-state index contributed by atoms with van der Waals surface area (Å²) in [5, 5.41) is 0.819. The molecule has 20 heavy (non-hydrogen) atoms. The number of carbonyl (C=O) groups excluding carboxylic acids is 2. The normalized spacial score (nSPS) is 10.3. The molecule has 0 bridgehead atoms. The molecule has 0 radical (unpaired) electrons. The maximum Gasteiger partial charge on any atom is 0.310 e. The SMILES string of the molecule is COC(=O)Cc1ccc(C(=O)c2cc(Cl)cc(Cl)c2)s1. The quantitative estimate of drug-likeness (QED) is 0.629. The first-order valence-corrected chi connectivity index (χ1v) is 7.23. The minimum absolute atomic E-state index is 0.157. The molecule has 1 heterocycles. The van der Waals surface area contributed by atoms with Gasteiger partial charge in [-0.05, 0) is 30.3 Å². The molecule has 0 aliphatic carbocycles. The van der Waals surface area contributed by atoms with E-state index in [1.807, 2.05) is 0 Å². The lowest BCUT2D eigenvalue weighted by atomic mass is 10.1. The zero-order valence-electron chi connectivity index (χ0n) is 10.5. The van der Waals surface area contributed by atoms with Crippen LogP contribution in [0.1, 0.15) is 20.1 Å². The van der Waals surface area contributed by atoms with E-state index in [2.05, 4.69) is 4.74 Å². The molecule has 0 saturated carbocycles. The van der Waals surface area contributed by atoms with Crippen LogP contribution in [0.3, 0.4) is 0 Å². The van der Waals surface area contributed by atoms with Crippen molar-refractivity contribution in [2.24, 2.45) is 0 Å². The molecule has 2 rings (SSSR count). The largest absolute Gasteiger partial charge is 0.469 e. The smallest absolute Gasteiger partial charge is 0.310 e. The van der Waals surface area contributed by atoms with Crippen LogP contribution in [-0.2, 0) is 16.0 Å².